The zero-order valence-corrected chi connectivity index (χ0v) is 11.2. The largest absolute Gasteiger partial charge is 0.330 e. The summed E-state index contributed by atoms with van der Waals surface area (Å²) in [5, 5.41) is 0. The molecule has 0 bridgehead atoms. The molecule has 100 valence electrons. The molecule has 1 saturated carbocycles. The highest BCUT2D eigenvalue weighted by Gasteiger charge is 2.34. The number of likely N-dealkylation sites (tertiary alicyclic amines) is 1. The van der Waals surface area contributed by atoms with E-state index >= 15 is 0 Å². The van der Waals surface area contributed by atoms with Crippen molar-refractivity contribution in [3.8, 4) is 0 Å². The van der Waals surface area contributed by atoms with Gasteiger partial charge in [-0.1, -0.05) is 25.7 Å². The van der Waals surface area contributed by atoms with E-state index in [0.717, 1.165) is 19.1 Å². The number of nitrogens with two attached hydrogens (primary N) is 2. The van der Waals surface area contributed by atoms with Gasteiger partial charge in [0.15, 0.2) is 0 Å². The molecular weight excluding hydrogens is 210 g/mol. The Kier molecular flexibility index (Phi) is 4.83. The molecule has 0 amide bonds. The summed E-state index contributed by atoms with van der Waals surface area (Å²) in [5.41, 5.74) is 12.0. The van der Waals surface area contributed by atoms with Gasteiger partial charge in [-0.3, -0.25) is 0 Å². The molecule has 2 rings (SSSR count). The van der Waals surface area contributed by atoms with Crippen LogP contribution in [0.25, 0.3) is 0 Å². The quantitative estimate of drug-likeness (QED) is 0.737. The van der Waals surface area contributed by atoms with Crippen LogP contribution in [0, 0.1) is 5.41 Å². The fraction of sp³-hybridized carbons (Fsp3) is 1.00. The molecule has 0 spiro atoms. The molecule has 3 heteroatoms. The second-order valence-corrected chi connectivity index (χ2v) is 6.09. The summed E-state index contributed by atoms with van der Waals surface area (Å²) in [7, 11) is 0. The maximum absolute atomic E-state index is 5.90. The molecule has 0 unspecified atom stereocenters. The van der Waals surface area contributed by atoms with E-state index in [1.165, 1.54) is 64.5 Å². The van der Waals surface area contributed by atoms with Crippen molar-refractivity contribution in [3.63, 3.8) is 0 Å². The molecule has 0 aromatic carbocycles. The fourth-order valence-electron chi connectivity index (χ4n) is 3.48. The fourth-order valence-corrected chi connectivity index (χ4v) is 3.48. The number of hydrogen-bond acceptors (Lipinski definition) is 3. The minimum Gasteiger partial charge on any atom is -0.330 e. The zero-order valence-electron chi connectivity index (χ0n) is 11.2. The average Bonchev–Trinajstić information content (AvgIpc) is 2.68. The van der Waals surface area contributed by atoms with Crippen LogP contribution in [0.15, 0.2) is 0 Å². The van der Waals surface area contributed by atoms with Gasteiger partial charge in [-0.25, -0.2) is 0 Å². The highest BCUT2D eigenvalue weighted by atomic mass is 15.2. The van der Waals surface area contributed by atoms with Crippen LogP contribution in [0.5, 0.6) is 0 Å². The third-order valence-corrected chi connectivity index (χ3v) is 5.07. The molecule has 2 fully saturated rings. The minimum atomic E-state index is 0.251. The SMILES string of the molecule is NCC1(CN)CCN(C2CCCCCC2)CC1. The first-order valence-electron chi connectivity index (χ1n) is 7.44. The molecule has 0 radical (unpaired) electrons. The zero-order chi connectivity index (χ0) is 12.1. The van der Waals surface area contributed by atoms with Gasteiger partial charge < -0.3 is 16.4 Å². The lowest BCUT2D eigenvalue weighted by Gasteiger charge is -2.43. The smallest absolute Gasteiger partial charge is 0.00952 e. The van der Waals surface area contributed by atoms with E-state index in [1.54, 1.807) is 0 Å². The Morgan fingerprint density at radius 3 is 1.88 bits per heavy atom. The molecule has 2 aliphatic rings. The van der Waals surface area contributed by atoms with Crippen LogP contribution < -0.4 is 11.5 Å². The monoisotopic (exact) mass is 239 g/mol. The summed E-state index contributed by atoms with van der Waals surface area (Å²) in [5.74, 6) is 0. The van der Waals surface area contributed by atoms with Crippen molar-refractivity contribution < 1.29 is 0 Å². The van der Waals surface area contributed by atoms with E-state index in [2.05, 4.69) is 4.90 Å². The Labute approximate surface area is 106 Å². The standard InChI is InChI=1S/C14H29N3/c15-11-14(12-16)7-9-17(10-8-14)13-5-3-1-2-4-6-13/h13H,1-12,15-16H2. The number of rotatable bonds is 3. The number of piperidine rings is 1. The van der Waals surface area contributed by atoms with Gasteiger partial charge in [0.05, 0.1) is 0 Å². The Morgan fingerprint density at radius 2 is 1.41 bits per heavy atom. The van der Waals surface area contributed by atoms with Gasteiger partial charge in [0.25, 0.3) is 0 Å². The average molecular weight is 239 g/mol. The Hall–Kier alpha value is -0.120. The summed E-state index contributed by atoms with van der Waals surface area (Å²) in [6, 6.07) is 0.853. The second-order valence-electron chi connectivity index (χ2n) is 6.09. The van der Waals surface area contributed by atoms with E-state index in [-0.39, 0.29) is 5.41 Å². The van der Waals surface area contributed by atoms with Crippen LogP contribution in [0.4, 0.5) is 0 Å². The molecule has 17 heavy (non-hydrogen) atoms. The molecular formula is C14H29N3. The van der Waals surface area contributed by atoms with Crippen LogP contribution in [0.3, 0.4) is 0 Å². The summed E-state index contributed by atoms with van der Waals surface area (Å²) < 4.78 is 0. The number of hydrogen-bond donors (Lipinski definition) is 2. The maximum atomic E-state index is 5.90. The summed E-state index contributed by atoms with van der Waals surface area (Å²) in [6.07, 6.45) is 11.0. The van der Waals surface area contributed by atoms with Gasteiger partial charge in [0, 0.05) is 6.04 Å². The van der Waals surface area contributed by atoms with Crippen molar-refractivity contribution in [2.75, 3.05) is 26.2 Å². The third kappa shape index (κ3) is 3.21. The first-order valence-corrected chi connectivity index (χ1v) is 7.44. The predicted octanol–water partition coefficient (Wildman–Crippen LogP) is 1.71. The maximum Gasteiger partial charge on any atom is 0.00952 e. The van der Waals surface area contributed by atoms with Crippen molar-refractivity contribution in [1.82, 2.24) is 4.90 Å². The van der Waals surface area contributed by atoms with Crippen LogP contribution >= 0.6 is 0 Å². The van der Waals surface area contributed by atoms with Crippen molar-refractivity contribution in [2.24, 2.45) is 16.9 Å². The van der Waals surface area contributed by atoms with Crippen LogP contribution in [-0.2, 0) is 0 Å². The molecule has 1 aliphatic carbocycles. The molecule has 4 N–H and O–H groups in total. The van der Waals surface area contributed by atoms with Crippen LogP contribution in [0.1, 0.15) is 51.4 Å². The van der Waals surface area contributed by atoms with Crippen molar-refractivity contribution in [1.29, 1.82) is 0 Å². The molecule has 0 atom stereocenters. The lowest BCUT2D eigenvalue weighted by atomic mass is 9.78. The van der Waals surface area contributed by atoms with Crippen LogP contribution in [-0.4, -0.2) is 37.1 Å². The highest BCUT2D eigenvalue weighted by molar-refractivity contribution is 4.90. The van der Waals surface area contributed by atoms with Gasteiger partial charge in [0.1, 0.15) is 0 Å². The first-order chi connectivity index (χ1) is 8.29. The summed E-state index contributed by atoms with van der Waals surface area (Å²) in [4.78, 5) is 2.72. The van der Waals surface area contributed by atoms with Gasteiger partial charge in [0.2, 0.25) is 0 Å². The van der Waals surface area contributed by atoms with Crippen LogP contribution in [0.2, 0.25) is 0 Å². The minimum absolute atomic E-state index is 0.251. The molecule has 3 nitrogen and oxygen atoms in total. The highest BCUT2D eigenvalue weighted by Crippen LogP contribution is 2.32. The van der Waals surface area contributed by atoms with E-state index in [1.807, 2.05) is 0 Å². The van der Waals surface area contributed by atoms with Gasteiger partial charge in [-0.15, -0.1) is 0 Å². The molecule has 1 aliphatic heterocycles. The lowest BCUT2D eigenvalue weighted by molar-refractivity contribution is 0.0756. The van der Waals surface area contributed by atoms with Gasteiger partial charge in [-0.05, 0) is 57.3 Å². The van der Waals surface area contributed by atoms with Crippen molar-refractivity contribution in [2.45, 2.75) is 57.4 Å². The van der Waals surface area contributed by atoms with E-state index in [4.69, 9.17) is 11.5 Å². The Morgan fingerprint density at radius 1 is 0.882 bits per heavy atom. The van der Waals surface area contributed by atoms with Gasteiger partial charge in [-0.2, -0.15) is 0 Å². The summed E-state index contributed by atoms with van der Waals surface area (Å²) >= 11 is 0. The lowest BCUT2D eigenvalue weighted by Crippen LogP contribution is -2.50. The third-order valence-electron chi connectivity index (χ3n) is 5.07. The Bertz CT molecular complexity index is 208. The van der Waals surface area contributed by atoms with Crippen molar-refractivity contribution >= 4 is 0 Å². The predicted molar refractivity (Wildman–Crippen MR) is 72.8 cm³/mol. The molecule has 1 heterocycles. The number of nitrogens with zero attached hydrogens (tertiary/aromatic N) is 1. The second kappa shape index (κ2) is 6.17. The van der Waals surface area contributed by atoms with Gasteiger partial charge >= 0.3 is 0 Å². The molecule has 0 aromatic heterocycles. The molecule has 0 aromatic rings. The van der Waals surface area contributed by atoms with Crippen molar-refractivity contribution in [3.05, 3.63) is 0 Å². The van der Waals surface area contributed by atoms with E-state index in [9.17, 15) is 0 Å². The first kappa shape index (κ1) is 13.3. The topological polar surface area (TPSA) is 55.3 Å². The normalized spacial score (nSPS) is 27.9. The molecule has 1 saturated heterocycles. The Balaban J connectivity index is 1.85. The summed E-state index contributed by atoms with van der Waals surface area (Å²) in [6.45, 7) is 3.97. The van der Waals surface area contributed by atoms with E-state index in [0.29, 0.717) is 0 Å². The van der Waals surface area contributed by atoms with E-state index < -0.39 is 0 Å².